The third-order valence-corrected chi connectivity index (χ3v) is 8.28. The van der Waals surface area contributed by atoms with Crippen molar-refractivity contribution in [2.45, 2.75) is 107 Å². The molecule has 5 atom stereocenters. The van der Waals surface area contributed by atoms with Crippen molar-refractivity contribution in [3.05, 3.63) is 35.4 Å². The number of benzene rings is 1. The summed E-state index contributed by atoms with van der Waals surface area (Å²) in [6.07, 6.45) is 10.0. The van der Waals surface area contributed by atoms with E-state index in [9.17, 15) is 15.0 Å². The van der Waals surface area contributed by atoms with Crippen molar-refractivity contribution >= 4 is 17.6 Å². The van der Waals surface area contributed by atoms with Gasteiger partial charge in [0.15, 0.2) is 0 Å². The molecule has 31 heavy (non-hydrogen) atoms. The van der Waals surface area contributed by atoms with Crippen molar-refractivity contribution < 1.29 is 20.1 Å². The molecule has 2 saturated carbocycles. The predicted molar refractivity (Wildman–Crippen MR) is 124 cm³/mol. The molecule has 5 heteroatoms. The van der Waals surface area contributed by atoms with E-state index in [0.29, 0.717) is 6.42 Å². The highest BCUT2D eigenvalue weighted by molar-refractivity contribution is 6.21. The summed E-state index contributed by atoms with van der Waals surface area (Å²) in [7, 11) is 0. The van der Waals surface area contributed by atoms with Crippen molar-refractivity contribution in [3.63, 3.8) is 0 Å². The molecule has 0 aromatic heterocycles. The van der Waals surface area contributed by atoms with E-state index in [0.717, 1.165) is 68.9 Å². The van der Waals surface area contributed by atoms with Crippen molar-refractivity contribution in [1.29, 1.82) is 0 Å². The SMILES string of the molecule is CCCC1(C(O)c2cccc([C@@H]3[C@@H](CCCCCCC(=O)O)[C@H](Cl)C[C@H]3O)c2)CCC1. The number of aliphatic carboxylic acids is 1. The molecule has 0 heterocycles. The highest BCUT2D eigenvalue weighted by Crippen LogP contribution is 2.54. The topological polar surface area (TPSA) is 77.8 Å². The number of unbranched alkanes of at least 4 members (excludes halogenated alkanes) is 3. The zero-order valence-electron chi connectivity index (χ0n) is 18.8. The predicted octanol–water partition coefficient (Wildman–Crippen LogP) is 6.19. The third kappa shape index (κ3) is 5.83. The summed E-state index contributed by atoms with van der Waals surface area (Å²) in [6.45, 7) is 2.19. The number of halogens is 1. The van der Waals surface area contributed by atoms with Gasteiger partial charge in [-0.2, -0.15) is 0 Å². The minimum absolute atomic E-state index is 0.00261. The number of rotatable bonds is 12. The van der Waals surface area contributed by atoms with Crippen LogP contribution in [-0.4, -0.2) is 32.8 Å². The Bertz CT molecular complexity index is 717. The molecule has 2 aliphatic carbocycles. The summed E-state index contributed by atoms with van der Waals surface area (Å²) in [5.74, 6) is -0.529. The first-order valence-corrected chi connectivity index (χ1v) is 12.6. The van der Waals surface area contributed by atoms with Crippen LogP contribution in [0.3, 0.4) is 0 Å². The van der Waals surface area contributed by atoms with Gasteiger partial charge >= 0.3 is 5.97 Å². The van der Waals surface area contributed by atoms with Gasteiger partial charge in [-0.1, -0.05) is 63.3 Å². The number of carboxylic acids is 1. The molecule has 0 bridgehead atoms. The molecule has 0 amide bonds. The van der Waals surface area contributed by atoms with Crippen LogP contribution in [0.25, 0.3) is 0 Å². The minimum atomic E-state index is -0.732. The molecule has 1 aromatic rings. The highest BCUT2D eigenvalue weighted by atomic mass is 35.5. The molecule has 4 nitrogen and oxygen atoms in total. The maximum atomic E-state index is 11.2. The number of carbonyl (C=O) groups is 1. The first-order chi connectivity index (χ1) is 14.9. The molecule has 174 valence electrons. The lowest BCUT2D eigenvalue weighted by atomic mass is 9.61. The molecule has 3 N–H and O–H groups in total. The van der Waals surface area contributed by atoms with Crippen LogP contribution in [-0.2, 0) is 4.79 Å². The summed E-state index contributed by atoms with van der Waals surface area (Å²) in [5, 5.41) is 30.7. The quantitative estimate of drug-likeness (QED) is 0.262. The van der Waals surface area contributed by atoms with E-state index in [1.54, 1.807) is 0 Å². The lowest BCUT2D eigenvalue weighted by Gasteiger charge is -2.46. The van der Waals surface area contributed by atoms with Crippen molar-refractivity contribution in [3.8, 4) is 0 Å². The number of hydrogen-bond acceptors (Lipinski definition) is 3. The number of hydrogen-bond donors (Lipinski definition) is 3. The Hall–Kier alpha value is -1.10. The fraction of sp³-hybridized carbons (Fsp3) is 0.731. The van der Waals surface area contributed by atoms with Gasteiger partial charge in [0.25, 0.3) is 0 Å². The second kappa shape index (κ2) is 11.2. The monoisotopic (exact) mass is 450 g/mol. The minimum Gasteiger partial charge on any atom is -0.481 e. The van der Waals surface area contributed by atoms with Crippen LogP contribution >= 0.6 is 11.6 Å². The van der Waals surface area contributed by atoms with E-state index < -0.39 is 18.2 Å². The molecular formula is C26H39ClO4. The van der Waals surface area contributed by atoms with Gasteiger partial charge in [-0.05, 0) is 55.6 Å². The molecule has 0 saturated heterocycles. The highest BCUT2D eigenvalue weighted by Gasteiger charge is 2.44. The van der Waals surface area contributed by atoms with E-state index >= 15 is 0 Å². The van der Waals surface area contributed by atoms with Crippen LogP contribution in [0.1, 0.15) is 107 Å². The van der Waals surface area contributed by atoms with Crippen molar-refractivity contribution in [2.75, 3.05) is 0 Å². The molecule has 1 aromatic carbocycles. The van der Waals surface area contributed by atoms with Gasteiger partial charge in [-0.25, -0.2) is 0 Å². The second-order valence-corrected chi connectivity index (χ2v) is 10.5. The number of alkyl halides is 1. The zero-order chi connectivity index (χ0) is 22.4. The number of carboxylic acid groups (broad SMARTS) is 1. The summed E-state index contributed by atoms with van der Waals surface area (Å²) < 4.78 is 0. The zero-order valence-corrected chi connectivity index (χ0v) is 19.6. The average molecular weight is 451 g/mol. The fourth-order valence-electron chi connectivity index (χ4n) is 5.98. The largest absolute Gasteiger partial charge is 0.481 e. The molecule has 2 aliphatic rings. The average Bonchev–Trinajstić information content (AvgIpc) is 2.99. The van der Waals surface area contributed by atoms with Gasteiger partial charge in [0.1, 0.15) is 0 Å². The van der Waals surface area contributed by atoms with E-state index in [2.05, 4.69) is 19.1 Å². The molecule has 2 fully saturated rings. The van der Waals surface area contributed by atoms with Crippen molar-refractivity contribution in [1.82, 2.24) is 0 Å². The lowest BCUT2D eigenvalue weighted by Crippen LogP contribution is -2.36. The summed E-state index contributed by atoms with van der Waals surface area (Å²) in [6, 6.07) is 8.24. The fourth-order valence-corrected chi connectivity index (χ4v) is 6.45. The molecular weight excluding hydrogens is 412 g/mol. The van der Waals surface area contributed by atoms with Gasteiger partial charge in [0, 0.05) is 23.1 Å². The van der Waals surface area contributed by atoms with Gasteiger partial charge in [0.05, 0.1) is 12.2 Å². The van der Waals surface area contributed by atoms with Crippen LogP contribution in [0.4, 0.5) is 0 Å². The Morgan fingerprint density at radius 2 is 1.97 bits per heavy atom. The third-order valence-electron chi connectivity index (χ3n) is 7.77. The van der Waals surface area contributed by atoms with Gasteiger partial charge in [-0.15, -0.1) is 11.6 Å². The lowest BCUT2D eigenvalue weighted by molar-refractivity contribution is -0.137. The first-order valence-electron chi connectivity index (χ1n) is 12.2. The maximum Gasteiger partial charge on any atom is 0.303 e. The second-order valence-electron chi connectivity index (χ2n) is 9.89. The van der Waals surface area contributed by atoms with E-state index in [1.165, 1.54) is 6.42 Å². The molecule has 3 rings (SSSR count). The summed E-state index contributed by atoms with van der Waals surface area (Å²) >= 11 is 6.66. The summed E-state index contributed by atoms with van der Waals surface area (Å²) in [5.41, 5.74) is 2.09. The Morgan fingerprint density at radius 1 is 1.23 bits per heavy atom. The molecule has 0 aliphatic heterocycles. The smallest absolute Gasteiger partial charge is 0.303 e. The van der Waals surface area contributed by atoms with E-state index in [1.807, 2.05) is 12.1 Å². The molecule has 0 radical (unpaired) electrons. The number of aliphatic hydroxyl groups excluding tert-OH is 2. The van der Waals surface area contributed by atoms with Crippen LogP contribution in [0.15, 0.2) is 24.3 Å². The normalized spacial score (nSPS) is 28.3. The maximum absolute atomic E-state index is 11.2. The first kappa shape index (κ1) is 24.5. The van der Waals surface area contributed by atoms with E-state index in [4.69, 9.17) is 16.7 Å². The van der Waals surface area contributed by atoms with Crippen LogP contribution in [0.2, 0.25) is 0 Å². The van der Waals surface area contributed by atoms with Gasteiger partial charge < -0.3 is 15.3 Å². The van der Waals surface area contributed by atoms with Gasteiger partial charge in [-0.3, -0.25) is 4.79 Å². The van der Waals surface area contributed by atoms with Gasteiger partial charge in [0.2, 0.25) is 0 Å². The molecule has 1 unspecified atom stereocenters. The standard InChI is InChI=1S/C26H39ClO4/c1-2-13-26(14-8-15-26)25(31)19-10-7-9-18(16-19)24-20(21(27)17-22(24)28)11-5-3-4-6-12-23(29)30/h7,9-10,16,20-22,24-25,28,31H,2-6,8,11-15,17H2,1H3,(H,29,30)/t20-,21+,22+,24+,25?/m0/s1. The summed E-state index contributed by atoms with van der Waals surface area (Å²) in [4.78, 5) is 10.7. The number of aliphatic hydroxyl groups is 2. The Labute approximate surface area is 192 Å². The van der Waals surface area contributed by atoms with E-state index in [-0.39, 0.29) is 29.0 Å². The van der Waals surface area contributed by atoms with Crippen LogP contribution in [0.5, 0.6) is 0 Å². The van der Waals surface area contributed by atoms with Crippen molar-refractivity contribution in [2.24, 2.45) is 11.3 Å². The van der Waals surface area contributed by atoms with Crippen LogP contribution < -0.4 is 0 Å². The van der Waals surface area contributed by atoms with Crippen LogP contribution in [0, 0.1) is 11.3 Å². The molecule has 0 spiro atoms. The Morgan fingerprint density at radius 3 is 2.61 bits per heavy atom. The Kier molecular flexibility index (Phi) is 8.83. The Balaban J connectivity index is 1.66.